The monoisotopic (exact) mass is 324 g/mol. The molecule has 1 fully saturated rings. The fraction of sp³-hybridized carbons (Fsp3) is 0.500. The molecule has 1 saturated carbocycles. The Morgan fingerprint density at radius 2 is 1.79 bits per heavy atom. The van der Waals surface area contributed by atoms with E-state index < -0.39 is 0 Å². The highest BCUT2D eigenvalue weighted by atomic mass is 15.1. The molecule has 0 radical (unpaired) electrons. The molecule has 0 amide bonds. The summed E-state index contributed by atoms with van der Waals surface area (Å²) in [6.45, 7) is 5.39. The molecule has 2 N–H and O–H groups in total. The largest absolute Gasteiger partial charge is 0.307 e. The molecule has 1 heterocycles. The van der Waals surface area contributed by atoms with Crippen LogP contribution in [0.4, 0.5) is 0 Å². The second-order valence-corrected chi connectivity index (χ2v) is 7.00. The summed E-state index contributed by atoms with van der Waals surface area (Å²) in [4.78, 5) is 8.58. The molecule has 1 aliphatic carbocycles. The van der Waals surface area contributed by atoms with Crippen molar-refractivity contribution in [2.45, 2.75) is 57.2 Å². The van der Waals surface area contributed by atoms with Gasteiger partial charge in [0.1, 0.15) is 0 Å². The topological polar surface area (TPSA) is 49.8 Å². The van der Waals surface area contributed by atoms with Crippen molar-refractivity contribution in [3.8, 4) is 0 Å². The van der Waals surface area contributed by atoms with Gasteiger partial charge >= 0.3 is 0 Å². The van der Waals surface area contributed by atoms with Crippen molar-refractivity contribution in [3.05, 3.63) is 60.2 Å². The van der Waals surface area contributed by atoms with Crippen molar-refractivity contribution in [3.63, 3.8) is 0 Å². The molecule has 24 heavy (non-hydrogen) atoms. The van der Waals surface area contributed by atoms with E-state index in [4.69, 9.17) is 0 Å². The van der Waals surface area contributed by atoms with Crippen LogP contribution in [0.15, 0.2) is 48.9 Å². The van der Waals surface area contributed by atoms with E-state index in [1.807, 2.05) is 6.20 Å². The van der Waals surface area contributed by atoms with E-state index in [9.17, 15) is 0 Å². The molecule has 3 rings (SSSR count). The molecule has 1 aromatic heterocycles. The number of nitrogens with zero attached hydrogens (tertiary/aromatic N) is 2. The molecule has 1 aromatic carbocycles. The lowest BCUT2D eigenvalue weighted by atomic mass is 9.94. The Hall–Kier alpha value is -1.78. The maximum Gasteiger partial charge on any atom is 0.0753 e. The van der Waals surface area contributed by atoms with Crippen molar-refractivity contribution < 1.29 is 0 Å². The fourth-order valence-corrected chi connectivity index (χ4v) is 3.70. The minimum atomic E-state index is 0.172. The van der Waals surface area contributed by atoms with Gasteiger partial charge in [0.2, 0.25) is 0 Å². The molecule has 0 spiro atoms. The van der Waals surface area contributed by atoms with Crippen LogP contribution in [0.3, 0.4) is 0 Å². The van der Waals surface area contributed by atoms with Crippen molar-refractivity contribution in [1.29, 1.82) is 0 Å². The SMILES string of the molecule is C[C@H](NCC1(N[C@H](C)c2ccccc2)CCCC1)c1cnccn1. The van der Waals surface area contributed by atoms with E-state index >= 15 is 0 Å². The highest BCUT2D eigenvalue weighted by Crippen LogP contribution is 2.32. The van der Waals surface area contributed by atoms with E-state index in [0.717, 1.165) is 12.2 Å². The van der Waals surface area contributed by atoms with Gasteiger partial charge in [0.05, 0.1) is 5.69 Å². The third kappa shape index (κ3) is 4.19. The summed E-state index contributed by atoms with van der Waals surface area (Å²) in [5.74, 6) is 0. The minimum Gasteiger partial charge on any atom is -0.307 e. The van der Waals surface area contributed by atoms with Crippen LogP contribution in [-0.2, 0) is 0 Å². The van der Waals surface area contributed by atoms with Crippen LogP contribution in [0.25, 0.3) is 0 Å². The van der Waals surface area contributed by atoms with Crippen LogP contribution in [0, 0.1) is 0 Å². The summed E-state index contributed by atoms with van der Waals surface area (Å²) < 4.78 is 0. The number of aromatic nitrogens is 2. The molecule has 0 aliphatic heterocycles. The van der Waals surface area contributed by atoms with Crippen LogP contribution in [0.5, 0.6) is 0 Å². The van der Waals surface area contributed by atoms with Crippen molar-refractivity contribution in [2.75, 3.05) is 6.54 Å². The van der Waals surface area contributed by atoms with Gasteiger partial charge in [-0.15, -0.1) is 0 Å². The second kappa shape index (κ2) is 7.86. The molecule has 0 unspecified atom stereocenters. The summed E-state index contributed by atoms with van der Waals surface area (Å²) >= 11 is 0. The molecule has 1 aliphatic rings. The van der Waals surface area contributed by atoms with Crippen molar-refractivity contribution >= 4 is 0 Å². The highest BCUT2D eigenvalue weighted by molar-refractivity contribution is 5.19. The highest BCUT2D eigenvalue weighted by Gasteiger charge is 2.35. The Morgan fingerprint density at radius 1 is 1.04 bits per heavy atom. The number of nitrogens with one attached hydrogen (secondary N) is 2. The Morgan fingerprint density at radius 3 is 2.46 bits per heavy atom. The second-order valence-electron chi connectivity index (χ2n) is 7.00. The van der Waals surface area contributed by atoms with Crippen molar-refractivity contribution in [2.24, 2.45) is 0 Å². The Balaban J connectivity index is 1.63. The van der Waals surface area contributed by atoms with Gasteiger partial charge in [0, 0.05) is 42.8 Å². The Labute approximate surface area is 145 Å². The maximum absolute atomic E-state index is 4.41. The molecule has 4 heteroatoms. The van der Waals surface area contributed by atoms with Gasteiger partial charge in [-0.25, -0.2) is 0 Å². The molecular formula is C20H28N4. The lowest BCUT2D eigenvalue weighted by molar-refractivity contribution is 0.275. The third-order valence-electron chi connectivity index (χ3n) is 5.16. The van der Waals surface area contributed by atoms with Gasteiger partial charge in [-0.1, -0.05) is 43.2 Å². The van der Waals surface area contributed by atoms with Crippen LogP contribution in [-0.4, -0.2) is 22.1 Å². The summed E-state index contributed by atoms with van der Waals surface area (Å²) in [5.41, 5.74) is 2.53. The standard InChI is InChI=1S/C20H28N4/c1-16(18-8-4-3-5-9-18)24-20(10-6-7-11-20)15-23-17(2)19-14-21-12-13-22-19/h3-5,8-9,12-14,16-17,23-24H,6-7,10-11,15H2,1-2H3/t16-,17+/m1/s1. The minimum absolute atomic E-state index is 0.172. The molecule has 0 bridgehead atoms. The number of hydrogen-bond acceptors (Lipinski definition) is 4. The quantitative estimate of drug-likeness (QED) is 0.813. The van der Waals surface area contributed by atoms with E-state index in [2.05, 4.69) is 64.8 Å². The van der Waals surface area contributed by atoms with Crippen LogP contribution in [0.2, 0.25) is 0 Å². The molecule has 2 aromatic rings. The molecule has 0 saturated heterocycles. The van der Waals surface area contributed by atoms with Gasteiger partial charge in [-0.2, -0.15) is 0 Å². The number of rotatable bonds is 7. The first-order valence-electron chi connectivity index (χ1n) is 9.00. The maximum atomic E-state index is 4.41. The van der Waals surface area contributed by atoms with Crippen LogP contribution in [0.1, 0.15) is 62.9 Å². The lowest BCUT2D eigenvalue weighted by Gasteiger charge is -2.35. The summed E-state index contributed by atoms with van der Waals surface area (Å²) in [6.07, 6.45) is 10.4. The predicted octanol–water partition coefficient (Wildman–Crippen LogP) is 3.79. The number of benzene rings is 1. The Kier molecular flexibility index (Phi) is 5.59. The van der Waals surface area contributed by atoms with E-state index in [-0.39, 0.29) is 11.6 Å². The molecular weight excluding hydrogens is 296 g/mol. The van der Waals surface area contributed by atoms with Gasteiger partial charge in [-0.3, -0.25) is 9.97 Å². The summed E-state index contributed by atoms with van der Waals surface area (Å²) in [5, 5.41) is 7.59. The normalized spacial score (nSPS) is 19.1. The predicted molar refractivity (Wildman–Crippen MR) is 97.6 cm³/mol. The van der Waals surface area contributed by atoms with E-state index in [1.165, 1.54) is 31.2 Å². The lowest BCUT2D eigenvalue weighted by Crippen LogP contribution is -2.51. The van der Waals surface area contributed by atoms with Crippen LogP contribution < -0.4 is 10.6 Å². The van der Waals surface area contributed by atoms with E-state index in [0.29, 0.717) is 6.04 Å². The average Bonchev–Trinajstić information content (AvgIpc) is 3.10. The molecule has 128 valence electrons. The van der Waals surface area contributed by atoms with Gasteiger partial charge in [0.15, 0.2) is 0 Å². The zero-order valence-electron chi connectivity index (χ0n) is 14.7. The first-order chi connectivity index (χ1) is 11.7. The zero-order valence-corrected chi connectivity index (χ0v) is 14.7. The Bertz CT molecular complexity index is 608. The first-order valence-corrected chi connectivity index (χ1v) is 9.00. The average molecular weight is 324 g/mol. The van der Waals surface area contributed by atoms with E-state index in [1.54, 1.807) is 12.4 Å². The van der Waals surface area contributed by atoms with Gasteiger partial charge in [-0.05, 0) is 32.3 Å². The number of hydrogen-bond donors (Lipinski definition) is 2. The first kappa shape index (κ1) is 17.1. The summed E-state index contributed by atoms with van der Waals surface area (Å²) in [6, 6.07) is 11.3. The smallest absolute Gasteiger partial charge is 0.0753 e. The van der Waals surface area contributed by atoms with Crippen LogP contribution >= 0.6 is 0 Å². The van der Waals surface area contributed by atoms with Gasteiger partial charge < -0.3 is 10.6 Å². The summed E-state index contributed by atoms with van der Waals surface area (Å²) in [7, 11) is 0. The van der Waals surface area contributed by atoms with Gasteiger partial charge in [0.25, 0.3) is 0 Å². The third-order valence-corrected chi connectivity index (χ3v) is 5.16. The molecule has 2 atom stereocenters. The molecule has 4 nitrogen and oxygen atoms in total. The van der Waals surface area contributed by atoms with Crippen molar-refractivity contribution in [1.82, 2.24) is 20.6 Å². The fourth-order valence-electron chi connectivity index (χ4n) is 3.70. The zero-order chi connectivity index (χ0) is 16.8.